The van der Waals surface area contributed by atoms with Gasteiger partial charge in [0, 0.05) is 30.8 Å². The number of hydrogen-bond acceptors (Lipinski definition) is 8. The number of rotatable bonds is 4. The minimum Gasteiger partial charge on any atom is -0.478 e. The predicted molar refractivity (Wildman–Crippen MR) is 139 cm³/mol. The molecule has 3 fully saturated rings. The van der Waals surface area contributed by atoms with Gasteiger partial charge in [-0.15, -0.1) is 11.8 Å². The highest BCUT2D eigenvalue weighted by Gasteiger charge is 2.45. The molecule has 37 heavy (non-hydrogen) atoms. The first-order valence-corrected chi connectivity index (χ1v) is 14.0. The van der Waals surface area contributed by atoms with E-state index in [1.807, 2.05) is 25.7 Å². The Balaban J connectivity index is 1.25. The summed E-state index contributed by atoms with van der Waals surface area (Å²) in [6.45, 7) is 8.31. The lowest BCUT2D eigenvalue weighted by atomic mass is 9.95. The number of carbonyl (C=O) groups excluding carboxylic acids is 2. The lowest BCUT2D eigenvalue weighted by Crippen LogP contribution is -2.48. The van der Waals surface area contributed by atoms with Gasteiger partial charge in [0.25, 0.3) is 0 Å². The molecule has 4 heterocycles. The molecule has 0 saturated carbocycles. The van der Waals surface area contributed by atoms with E-state index in [0.717, 1.165) is 38.2 Å². The molecule has 5 rings (SSSR count). The summed E-state index contributed by atoms with van der Waals surface area (Å²) in [7, 11) is 0. The van der Waals surface area contributed by atoms with E-state index < -0.39 is 23.7 Å². The van der Waals surface area contributed by atoms with Gasteiger partial charge in [-0.3, -0.25) is 14.6 Å². The Kier molecular flexibility index (Phi) is 7.10. The van der Waals surface area contributed by atoms with E-state index in [4.69, 9.17) is 9.15 Å². The number of carbonyl (C=O) groups is 3. The smallest absolute Gasteiger partial charge is 0.411 e. The Morgan fingerprint density at radius 3 is 2.57 bits per heavy atom. The van der Waals surface area contributed by atoms with Crippen molar-refractivity contribution in [3.8, 4) is 0 Å². The van der Waals surface area contributed by atoms with Gasteiger partial charge in [0.15, 0.2) is 11.5 Å². The van der Waals surface area contributed by atoms with Crippen LogP contribution in [0.2, 0.25) is 0 Å². The molecule has 0 spiro atoms. The maximum absolute atomic E-state index is 13.3. The topological polar surface area (TPSA) is 116 Å². The van der Waals surface area contributed by atoms with Crippen LogP contribution in [0.1, 0.15) is 62.2 Å². The molecular weight excluding hydrogens is 496 g/mol. The first-order chi connectivity index (χ1) is 17.6. The SMILES string of the molecule is CC(C)(C)OC(=O)N1C[C@@H](N2CCC(c3nc4cc(C(=O)O)ccc4o3)CC2)C[C@H]1C(=O)N1CCSC1. The van der Waals surface area contributed by atoms with Crippen LogP contribution >= 0.6 is 11.8 Å². The molecule has 1 aromatic heterocycles. The third-order valence-corrected chi connectivity index (χ3v) is 8.27. The maximum Gasteiger partial charge on any atom is 0.411 e. The molecule has 1 N–H and O–H groups in total. The number of likely N-dealkylation sites (tertiary alicyclic amines) is 2. The summed E-state index contributed by atoms with van der Waals surface area (Å²) in [4.78, 5) is 48.1. The van der Waals surface area contributed by atoms with Gasteiger partial charge in [-0.25, -0.2) is 14.6 Å². The lowest BCUT2D eigenvalue weighted by molar-refractivity contribution is -0.134. The molecule has 200 valence electrons. The summed E-state index contributed by atoms with van der Waals surface area (Å²) in [5, 5.41) is 9.23. The zero-order valence-corrected chi connectivity index (χ0v) is 22.3. The summed E-state index contributed by atoms with van der Waals surface area (Å²) in [6.07, 6.45) is 1.85. The second kappa shape index (κ2) is 10.2. The van der Waals surface area contributed by atoms with E-state index in [-0.39, 0.29) is 23.4 Å². The molecule has 0 unspecified atom stereocenters. The molecular formula is C26H34N4O6S. The van der Waals surface area contributed by atoms with Gasteiger partial charge in [0.1, 0.15) is 17.2 Å². The molecule has 0 aliphatic carbocycles. The van der Waals surface area contributed by atoms with Crippen molar-refractivity contribution in [1.29, 1.82) is 0 Å². The number of aromatic carboxylic acids is 1. The Hall–Kier alpha value is -2.79. The number of carboxylic acid groups (broad SMARTS) is 1. The van der Waals surface area contributed by atoms with Gasteiger partial charge >= 0.3 is 12.1 Å². The maximum atomic E-state index is 13.3. The first-order valence-electron chi connectivity index (χ1n) is 12.8. The van der Waals surface area contributed by atoms with Crippen LogP contribution in [0.15, 0.2) is 22.6 Å². The lowest BCUT2D eigenvalue weighted by Gasteiger charge is -2.35. The largest absolute Gasteiger partial charge is 0.478 e. The molecule has 0 radical (unpaired) electrons. The summed E-state index contributed by atoms with van der Waals surface area (Å²) in [6, 6.07) is 4.30. The van der Waals surface area contributed by atoms with Crippen molar-refractivity contribution in [2.75, 3.05) is 37.8 Å². The van der Waals surface area contributed by atoms with Crippen molar-refractivity contribution in [3.05, 3.63) is 29.7 Å². The Labute approximate surface area is 220 Å². The standard InChI is InChI=1S/C26H34N4O6S/c1-26(2,3)36-25(34)30-14-18(13-20(30)23(31)29-10-11-37-15-29)28-8-6-16(7-9-28)22-27-19-12-17(24(32)33)4-5-21(19)35-22/h4-5,12,16,18,20H,6-11,13-15H2,1-3H3,(H,32,33)/t18-,20-/m0/s1. The molecule has 11 heteroatoms. The number of benzene rings is 1. The van der Waals surface area contributed by atoms with Crippen LogP contribution in [-0.2, 0) is 9.53 Å². The summed E-state index contributed by atoms with van der Waals surface area (Å²) >= 11 is 1.74. The van der Waals surface area contributed by atoms with Crippen molar-refractivity contribution in [3.63, 3.8) is 0 Å². The van der Waals surface area contributed by atoms with E-state index in [0.29, 0.717) is 35.8 Å². The number of amides is 2. The van der Waals surface area contributed by atoms with Gasteiger partial charge in [0.2, 0.25) is 5.91 Å². The number of fused-ring (bicyclic) bond motifs is 1. The molecule has 0 bridgehead atoms. The monoisotopic (exact) mass is 530 g/mol. The van der Waals surface area contributed by atoms with E-state index in [1.54, 1.807) is 28.8 Å². The van der Waals surface area contributed by atoms with Crippen LogP contribution in [0.25, 0.3) is 11.1 Å². The van der Waals surface area contributed by atoms with Crippen LogP contribution in [0.3, 0.4) is 0 Å². The normalized spacial score (nSPS) is 23.6. The summed E-state index contributed by atoms with van der Waals surface area (Å²) < 4.78 is 11.6. The van der Waals surface area contributed by atoms with E-state index >= 15 is 0 Å². The highest BCUT2D eigenvalue weighted by atomic mass is 32.2. The fraction of sp³-hybridized carbons (Fsp3) is 0.615. The second-order valence-corrected chi connectivity index (χ2v) is 12.1. The molecule has 2 atom stereocenters. The predicted octanol–water partition coefficient (Wildman–Crippen LogP) is 3.62. The molecule has 3 saturated heterocycles. The van der Waals surface area contributed by atoms with E-state index in [9.17, 15) is 19.5 Å². The number of nitrogens with zero attached hydrogens (tertiary/aromatic N) is 4. The van der Waals surface area contributed by atoms with Gasteiger partial charge in [-0.1, -0.05) is 0 Å². The average Bonchev–Trinajstić information content (AvgIpc) is 3.61. The number of aromatic nitrogens is 1. The summed E-state index contributed by atoms with van der Waals surface area (Å²) in [5.74, 6) is 1.40. The molecule has 1 aromatic carbocycles. The van der Waals surface area contributed by atoms with Crippen molar-refractivity contribution in [2.45, 2.75) is 63.6 Å². The Morgan fingerprint density at radius 2 is 1.92 bits per heavy atom. The molecule has 3 aliphatic heterocycles. The zero-order valence-electron chi connectivity index (χ0n) is 21.5. The number of oxazole rings is 1. The van der Waals surface area contributed by atoms with Crippen molar-refractivity contribution in [2.24, 2.45) is 0 Å². The van der Waals surface area contributed by atoms with Crippen LogP contribution in [0, 0.1) is 0 Å². The molecule has 2 aromatic rings. The zero-order chi connectivity index (χ0) is 26.3. The molecule has 10 nitrogen and oxygen atoms in total. The van der Waals surface area contributed by atoms with Crippen molar-refractivity contribution in [1.82, 2.24) is 19.7 Å². The van der Waals surface area contributed by atoms with E-state index in [2.05, 4.69) is 9.88 Å². The van der Waals surface area contributed by atoms with Gasteiger partial charge in [0.05, 0.1) is 11.4 Å². The Morgan fingerprint density at radius 1 is 1.16 bits per heavy atom. The van der Waals surface area contributed by atoms with Crippen LogP contribution in [0.4, 0.5) is 4.79 Å². The van der Waals surface area contributed by atoms with E-state index in [1.165, 1.54) is 6.07 Å². The fourth-order valence-electron chi connectivity index (χ4n) is 5.40. The minimum atomic E-state index is -0.989. The van der Waals surface area contributed by atoms with Crippen LogP contribution in [0.5, 0.6) is 0 Å². The quantitative estimate of drug-likeness (QED) is 0.633. The molecule has 3 aliphatic rings. The molecule has 2 amide bonds. The average molecular weight is 531 g/mol. The number of ether oxygens (including phenoxy) is 1. The highest BCUT2D eigenvalue weighted by molar-refractivity contribution is 7.99. The third kappa shape index (κ3) is 5.57. The van der Waals surface area contributed by atoms with Crippen LogP contribution < -0.4 is 0 Å². The fourth-order valence-corrected chi connectivity index (χ4v) is 6.35. The summed E-state index contributed by atoms with van der Waals surface area (Å²) in [5.41, 5.74) is 0.708. The third-order valence-electron chi connectivity index (χ3n) is 7.30. The number of piperidine rings is 1. The van der Waals surface area contributed by atoms with Crippen molar-refractivity contribution >= 4 is 40.8 Å². The van der Waals surface area contributed by atoms with Gasteiger partial charge in [-0.2, -0.15) is 0 Å². The minimum absolute atomic E-state index is 0.0143. The number of hydrogen-bond donors (Lipinski definition) is 1. The number of thioether (sulfide) groups is 1. The first kappa shape index (κ1) is 25.8. The second-order valence-electron chi connectivity index (χ2n) is 11.0. The van der Waals surface area contributed by atoms with Gasteiger partial charge < -0.3 is 19.2 Å². The van der Waals surface area contributed by atoms with Gasteiger partial charge in [-0.05, 0) is 71.3 Å². The van der Waals surface area contributed by atoms with Crippen LogP contribution in [-0.4, -0.2) is 98.3 Å². The van der Waals surface area contributed by atoms with Crippen molar-refractivity contribution < 1.29 is 28.6 Å². The highest BCUT2D eigenvalue weighted by Crippen LogP contribution is 2.34. The Bertz CT molecular complexity index is 1180. The number of carboxylic acids is 1.